The standard InChI is InChI=1S/C24H15Br2N3O8S/c1-13-2-8-17(9-3-13)38(35,36)37-21-19(25)11-14(12-20(21)26)10-18-22(30)27-24(32)28(23(18)31)15-4-6-16(7-5-15)29(33)34/h2-12H,1H3,(H,27,30,32)/b18-10+. The summed E-state index contributed by atoms with van der Waals surface area (Å²) in [5.41, 5.74) is 0.539. The van der Waals surface area contributed by atoms with Crippen molar-refractivity contribution in [1.29, 1.82) is 0 Å². The molecule has 1 aliphatic heterocycles. The Kier molecular flexibility index (Phi) is 7.49. The van der Waals surface area contributed by atoms with Gasteiger partial charge in [0.1, 0.15) is 10.5 Å². The van der Waals surface area contributed by atoms with Crippen LogP contribution in [0.25, 0.3) is 6.08 Å². The Labute approximate surface area is 232 Å². The van der Waals surface area contributed by atoms with Crippen LogP contribution in [-0.2, 0) is 19.7 Å². The number of carbonyl (C=O) groups excluding carboxylic acids is 3. The van der Waals surface area contributed by atoms with Crippen molar-refractivity contribution in [2.24, 2.45) is 0 Å². The van der Waals surface area contributed by atoms with Gasteiger partial charge in [0.15, 0.2) is 5.75 Å². The molecule has 1 heterocycles. The third kappa shape index (κ3) is 5.51. The number of nitro groups is 1. The van der Waals surface area contributed by atoms with Gasteiger partial charge >= 0.3 is 16.1 Å². The van der Waals surface area contributed by atoms with Crippen molar-refractivity contribution in [1.82, 2.24) is 5.32 Å². The topological polar surface area (TPSA) is 153 Å². The van der Waals surface area contributed by atoms with Gasteiger partial charge in [-0.1, -0.05) is 17.7 Å². The Morgan fingerprint density at radius 1 is 0.974 bits per heavy atom. The van der Waals surface area contributed by atoms with E-state index in [0.29, 0.717) is 10.5 Å². The van der Waals surface area contributed by atoms with Crippen molar-refractivity contribution in [2.75, 3.05) is 4.90 Å². The second-order valence-corrected chi connectivity index (χ2v) is 11.2. The van der Waals surface area contributed by atoms with Crippen LogP contribution in [0.5, 0.6) is 5.75 Å². The molecule has 0 spiro atoms. The smallest absolute Gasteiger partial charge is 0.339 e. The molecule has 0 saturated carbocycles. The van der Waals surface area contributed by atoms with E-state index in [4.69, 9.17) is 4.18 Å². The molecule has 1 fully saturated rings. The minimum absolute atomic E-state index is 0.0175. The lowest BCUT2D eigenvalue weighted by Gasteiger charge is -2.26. The number of halogens is 2. The lowest BCUT2D eigenvalue weighted by atomic mass is 10.1. The summed E-state index contributed by atoms with van der Waals surface area (Å²) in [6.07, 6.45) is 1.20. The summed E-state index contributed by atoms with van der Waals surface area (Å²) in [4.78, 5) is 48.8. The molecule has 38 heavy (non-hydrogen) atoms. The normalized spacial score (nSPS) is 15.0. The molecular weight excluding hydrogens is 650 g/mol. The number of non-ortho nitro benzene ring substituents is 1. The molecule has 4 rings (SSSR count). The molecule has 0 radical (unpaired) electrons. The number of aryl methyl sites for hydroxylation is 1. The largest absolute Gasteiger partial charge is 0.377 e. The van der Waals surface area contributed by atoms with Crippen LogP contribution in [0.2, 0.25) is 0 Å². The molecule has 14 heteroatoms. The minimum atomic E-state index is -4.17. The van der Waals surface area contributed by atoms with Crippen molar-refractivity contribution in [3.8, 4) is 5.75 Å². The van der Waals surface area contributed by atoms with Gasteiger partial charge in [0.05, 0.1) is 19.6 Å². The van der Waals surface area contributed by atoms with E-state index in [1.807, 2.05) is 6.92 Å². The average molecular weight is 665 g/mol. The van der Waals surface area contributed by atoms with Crippen LogP contribution in [0.15, 0.2) is 80.1 Å². The van der Waals surface area contributed by atoms with E-state index >= 15 is 0 Å². The second kappa shape index (κ2) is 10.5. The van der Waals surface area contributed by atoms with Crippen LogP contribution in [0.4, 0.5) is 16.2 Å². The Morgan fingerprint density at radius 2 is 1.55 bits per heavy atom. The maximum Gasteiger partial charge on any atom is 0.339 e. The van der Waals surface area contributed by atoms with Crippen molar-refractivity contribution >= 4 is 77.3 Å². The Balaban J connectivity index is 1.65. The highest BCUT2D eigenvalue weighted by Gasteiger charge is 2.37. The quantitative estimate of drug-likeness (QED) is 0.129. The Bertz CT molecular complexity index is 1610. The number of barbiturate groups is 1. The first-order chi connectivity index (χ1) is 17.9. The van der Waals surface area contributed by atoms with Gasteiger partial charge in [-0.2, -0.15) is 8.42 Å². The van der Waals surface area contributed by atoms with E-state index in [0.717, 1.165) is 17.7 Å². The van der Waals surface area contributed by atoms with Gasteiger partial charge < -0.3 is 4.18 Å². The lowest BCUT2D eigenvalue weighted by molar-refractivity contribution is -0.384. The molecule has 0 atom stereocenters. The van der Waals surface area contributed by atoms with Crippen molar-refractivity contribution < 1.29 is 31.9 Å². The fourth-order valence-electron chi connectivity index (χ4n) is 3.39. The highest BCUT2D eigenvalue weighted by atomic mass is 79.9. The van der Waals surface area contributed by atoms with Crippen LogP contribution in [0, 0.1) is 17.0 Å². The Morgan fingerprint density at radius 3 is 2.11 bits per heavy atom. The number of nitro benzene ring substituents is 1. The van der Waals surface area contributed by atoms with Crippen LogP contribution in [0.3, 0.4) is 0 Å². The molecule has 0 unspecified atom stereocenters. The zero-order chi connectivity index (χ0) is 27.8. The van der Waals surface area contributed by atoms with E-state index in [9.17, 15) is 32.9 Å². The van der Waals surface area contributed by atoms with E-state index in [2.05, 4.69) is 37.2 Å². The van der Waals surface area contributed by atoms with E-state index < -0.39 is 38.5 Å². The third-order valence-corrected chi connectivity index (χ3v) is 7.67. The first-order valence-electron chi connectivity index (χ1n) is 10.5. The molecule has 0 bridgehead atoms. The maximum atomic E-state index is 13.1. The molecule has 1 saturated heterocycles. The van der Waals surface area contributed by atoms with Crippen molar-refractivity contribution in [3.05, 3.63) is 96.4 Å². The Hall–Kier alpha value is -3.88. The number of nitrogens with zero attached hydrogens (tertiary/aromatic N) is 2. The van der Waals surface area contributed by atoms with Crippen molar-refractivity contribution in [2.45, 2.75) is 11.8 Å². The van der Waals surface area contributed by atoms with Gasteiger partial charge in [0, 0.05) is 12.1 Å². The zero-order valence-corrected chi connectivity index (χ0v) is 23.2. The molecule has 1 aliphatic rings. The molecule has 4 amide bonds. The zero-order valence-electron chi connectivity index (χ0n) is 19.2. The third-order valence-electron chi connectivity index (χ3n) is 5.25. The van der Waals surface area contributed by atoms with Crippen LogP contribution in [0.1, 0.15) is 11.1 Å². The number of amides is 4. The summed E-state index contributed by atoms with van der Waals surface area (Å²) in [5, 5.41) is 13.0. The first kappa shape index (κ1) is 27.2. The van der Waals surface area contributed by atoms with E-state index in [1.54, 1.807) is 12.1 Å². The lowest BCUT2D eigenvalue weighted by Crippen LogP contribution is -2.54. The molecule has 0 aliphatic carbocycles. The molecule has 1 N–H and O–H groups in total. The molecule has 11 nitrogen and oxygen atoms in total. The number of anilines is 1. The summed E-state index contributed by atoms with van der Waals surface area (Å²) in [6.45, 7) is 1.82. The van der Waals surface area contributed by atoms with Gasteiger partial charge in [-0.3, -0.25) is 25.0 Å². The number of carbonyl (C=O) groups is 3. The van der Waals surface area contributed by atoms with Crippen LogP contribution >= 0.6 is 31.9 Å². The molecule has 3 aromatic carbocycles. The average Bonchev–Trinajstić information content (AvgIpc) is 2.84. The summed E-state index contributed by atoms with van der Waals surface area (Å²) < 4.78 is 31.1. The van der Waals surface area contributed by atoms with Crippen molar-refractivity contribution in [3.63, 3.8) is 0 Å². The first-order valence-corrected chi connectivity index (χ1v) is 13.5. The summed E-state index contributed by atoms with van der Waals surface area (Å²) in [5.74, 6) is -1.97. The number of rotatable bonds is 6. The predicted octanol–water partition coefficient (Wildman–Crippen LogP) is 4.86. The number of urea groups is 1. The maximum absolute atomic E-state index is 13.1. The van der Waals surface area contributed by atoms with Crippen LogP contribution in [-0.4, -0.2) is 31.2 Å². The van der Waals surface area contributed by atoms with Gasteiger partial charge in [-0.15, -0.1) is 0 Å². The van der Waals surface area contributed by atoms with E-state index in [-0.39, 0.29) is 31.0 Å². The number of nitrogens with one attached hydrogen (secondary N) is 1. The fraction of sp³-hybridized carbons (Fsp3) is 0.0417. The molecular formula is C24H15Br2N3O8S. The predicted molar refractivity (Wildman–Crippen MR) is 143 cm³/mol. The van der Waals surface area contributed by atoms with Crippen LogP contribution < -0.4 is 14.4 Å². The SMILES string of the molecule is Cc1ccc(S(=O)(=O)Oc2c(Br)cc(/C=C3\C(=O)NC(=O)N(c4ccc([N+](=O)[O-])cc4)C3=O)cc2Br)cc1. The monoisotopic (exact) mass is 663 g/mol. The number of hydrogen-bond acceptors (Lipinski definition) is 8. The van der Waals surface area contributed by atoms with Gasteiger partial charge in [0.2, 0.25) is 0 Å². The second-order valence-electron chi connectivity index (χ2n) is 7.90. The van der Waals surface area contributed by atoms with E-state index in [1.165, 1.54) is 42.5 Å². The molecule has 0 aromatic heterocycles. The fourth-order valence-corrected chi connectivity index (χ4v) is 5.95. The number of imide groups is 2. The number of hydrogen-bond donors (Lipinski definition) is 1. The summed E-state index contributed by atoms with van der Waals surface area (Å²) in [7, 11) is -4.17. The van der Waals surface area contributed by atoms with Gasteiger partial charge in [-0.05, 0) is 86.8 Å². The minimum Gasteiger partial charge on any atom is -0.377 e. The summed E-state index contributed by atoms with van der Waals surface area (Å²) >= 11 is 6.51. The van der Waals surface area contributed by atoms with Gasteiger partial charge in [-0.25, -0.2) is 9.69 Å². The highest BCUT2D eigenvalue weighted by molar-refractivity contribution is 9.11. The molecule has 194 valence electrons. The molecule has 3 aromatic rings. The van der Waals surface area contributed by atoms with Gasteiger partial charge in [0.25, 0.3) is 17.5 Å². The summed E-state index contributed by atoms with van der Waals surface area (Å²) in [6, 6.07) is 12.6. The number of benzene rings is 3. The highest BCUT2D eigenvalue weighted by Crippen LogP contribution is 2.37.